The average molecular weight is 184 g/mol. The third kappa shape index (κ3) is 1.11. The summed E-state index contributed by atoms with van der Waals surface area (Å²) in [5.74, 6) is 1.83. The highest BCUT2D eigenvalue weighted by Crippen LogP contribution is 2.29. The van der Waals surface area contributed by atoms with Crippen LogP contribution in [0, 0.1) is 6.07 Å². The highest BCUT2D eigenvalue weighted by molar-refractivity contribution is 5.44. The summed E-state index contributed by atoms with van der Waals surface area (Å²) in [4.78, 5) is 0. The topological polar surface area (TPSA) is 21.3 Å². The third-order valence-electron chi connectivity index (χ3n) is 2.50. The first-order valence-electron chi connectivity index (χ1n) is 4.74. The Morgan fingerprint density at radius 1 is 1.43 bits per heavy atom. The van der Waals surface area contributed by atoms with Crippen molar-refractivity contribution in [2.45, 2.75) is 6.42 Å². The lowest BCUT2D eigenvalue weighted by Gasteiger charge is -2.24. The molecule has 2 nitrogen and oxygen atoms in total. The molecule has 2 aliphatic heterocycles. The molecule has 0 aromatic heterocycles. The smallest absolute Gasteiger partial charge is 0.197 e. The molecule has 0 atom stereocenters. The van der Waals surface area contributed by atoms with E-state index in [9.17, 15) is 0 Å². The molecule has 69 valence electrons. The van der Waals surface area contributed by atoms with Crippen LogP contribution in [0.4, 0.5) is 0 Å². The van der Waals surface area contributed by atoms with Gasteiger partial charge in [0.15, 0.2) is 5.88 Å². The van der Waals surface area contributed by atoms with Gasteiger partial charge in [-0.15, -0.1) is 0 Å². The van der Waals surface area contributed by atoms with Crippen molar-refractivity contribution in [3.63, 3.8) is 0 Å². The molecular formula is C12H10NO. The van der Waals surface area contributed by atoms with Gasteiger partial charge in [0.25, 0.3) is 0 Å². The van der Waals surface area contributed by atoms with Gasteiger partial charge in [-0.05, 0) is 17.7 Å². The predicted molar refractivity (Wildman–Crippen MR) is 53.8 cm³/mol. The first-order chi connectivity index (χ1) is 6.93. The second-order valence-corrected chi connectivity index (χ2v) is 3.45. The van der Waals surface area contributed by atoms with Crippen LogP contribution in [0.15, 0.2) is 41.8 Å². The van der Waals surface area contributed by atoms with Crippen LogP contribution in [-0.4, -0.2) is 6.54 Å². The molecule has 0 saturated carbocycles. The van der Waals surface area contributed by atoms with Crippen molar-refractivity contribution in [1.82, 2.24) is 5.32 Å². The zero-order valence-corrected chi connectivity index (χ0v) is 7.71. The maximum Gasteiger partial charge on any atom is 0.197 e. The lowest BCUT2D eigenvalue weighted by atomic mass is 10.0. The number of ether oxygens (including phenoxy) is 1. The van der Waals surface area contributed by atoms with Gasteiger partial charge < -0.3 is 10.1 Å². The van der Waals surface area contributed by atoms with Crippen LogP contribution in [0.3, 0.4) is 0 Å². The number of nitrogens with one attached hydrogen (secondary N) is 1. The normalized spacial score (nSPS) is 18.0. The van der Waals surface area contributed by atoms with Crippen molar-refractivity contribution in [3.05, 3.63) is 53.4 Å². The number of rotatable bonds is 0. The van der Waals surface area contributed by atoms with Crippen molar-refractivity contribution in [2.75, 3.05) is 6.54 Å². The molecule has 0 bridgehead atoms. The lowest BCUT2D eigenvalue weighted by Crippen LogP contribution is -2.26. The molecule has 0 spiro atoms. The first-order valence-corrected chi connectivity index (χ1v) is 4.74. The maximum absolute atomic E-state index is 5.72. The monoisotopic (exact) mass is 184 g/mol. The van der Waals surface area contributed by atoms with E-state index in [1.807, 2.05) is 12.1 Å². The highest BCUT2D eigenvalue weighted by Gasteiger charge is 2.18. The Hall–Kier alpha value is -1.70. The molecule has 1 aromatic carbocycles. The molecule has 0 amide bonds. The molecule has 2 heteroatoms. The molecule has 1 radical (unpaired) electrons. The Kier molecular flexibility index (Phi) is 1.60. The zero-order valence-electron chi connectivity index (χ0n) is 7.71. The Morgan fingerprint density at radius 2 is 2.43 bits per heavy atom. The van der Waals surface area contributed by atoms with E-state index in [-0.39, 0.29) is 0 Å². The molecule has 0 fully saturated rings. The summed E-state index contributed by atoms with van der Waals surface area (Å²) in [7, 11) is 0. The van der Waals surface area contributed by atoms with E-state index in [1.165, 1.54) is 11.1 Å². The van der Waals surface area contributed by atoms with Gasteiger partial charge in [-0.1, -0.05) is 24.3 Å². The Labute approximate surface area is 82.9 Å². The van der Waals surface area contributed by atoms with E-state index in [1.54, 1.807) is 0 Å². The molecular weight excluding hydrogens is 174 g/mol. The van der Waals surface area contributed by atoms with Crippen LogP contribution < -0.4 is 10.1 Å². The molecule has 1 aromatic rings. The van der Waals surface area contributed by atoms with Gasteiger partial charge >= 0.3 is 0 Å². The third-order valence-corrected chi connectivity index (χ3v) is 2.50. The highest BCUT2D eigenvalue weighted by atomic mass is 16.5. The van der Waals surface area contributed by atoms with Gasteiger partial charge in [-0.3, -0.25) is 0 Å². The molecule has 3 rings (SSSR count). The van der Waals surface area contributed by atoms with Crippen LogP contribution in [0.25, 0.3) is 0 Å². The fourth-order valence-electron chi connectivity index (χ4n) is 1.79. The average Bonchev–Trinajstić information content (AvgIpc) is 2.26. The zero-order chi connectivity index (χ0) is 9.38. The van der Waals surface area contributed by atoms with Crippen molar-refractivity contribution >= 4 is 0 Å². The summed E-state index contributed by atoms with van der Waals surface area (Å²) in [6, 6.07) is 8.89. The Bertz CT molecular complexity index is 432. The fraction of sp³-hybridized carbons (Fsp3) is 0.167. The fourth-order valence-corrected chi connectivity index (χ4v) is 1.79. The Morgan fingerprint density at radius 3 is 3.43 bits per heavy atom. The molecule has 0 unspecified atom stereocenters. The quantitative estimate of drug-likeness (QED) is 0.663. The number of hydrogen-bond donors (Lipinski definition) is 1. The van der Waals surface area contributed by atoms with E-state index in [2.05, 4.69) is 29.6 Å². The predicted octanol–water partition coefficient (Wildman–Crippen LogP) is 1.79. The van der Waals surface area contributed by atoms with Gasteiger partial charge in [0.2, 0.25) is 0 Å². The second-order valence-electron chi connectivity index (χ2n) is 3.45. The van der Waals surface area contributed by atoms with Crippen molar-refractivity contribution in [1.29, 1.82) is 0 Å². The van der Waals surface area contributed by atoms with Gasteiger partial charge in [0.1, 0.15) is 5.75 Å². The van der Waals surface area contributed by atoms with Crippen molar-refractivity contribution in [3.8, 4) is 5.75 Å². The first kappa shape index (κ1) is 7.68. The van der Waals surface area contributed by atoms with Gasteiger partial charge in [0.05, 0.1) is 0 Å². The number of allylic oxidation sites excluding steroid dienone is 2. The lowest BCUT2D eigenvalue weighted by molar-refractivity contribution is 0.364. The summed E-state index contributed by atoms with van der Waals surface area (Å²) in [6.45, 7) is 0.852. The molecule has 2 heterocycles. The van der Waals surface area contributed by atoms with Crippen LogP contribution >= 0.6 is 0 Å². The minimum Gasteiger partial charge on any atom is -0.441 e. The van der Waals surface area contributed by atoms with Crippen LogP contribution in [-0.2, 0) is 6.42 Å². The van der Waals surface area contributed by atoms with Crippen LogP contribution in [0.1, 0.15) is 5.56 Å². The van der Waals surface area contributed by atoms with Crippen molar-refractivity contribution in [2.24, 2.45) is 0 Å². The van der Waals surface area contributed by atoms with Gasteiger partial charge in [-0.25, -0.2) is 0 Å². The minimum atomic E-state index is 0.852. The second kappa shape index (κ2) is 2.91. The standard InChI is InChI=1S/C12H10NO/c1-2-6-11-9(4-1)8-10-5-3-7-13-12(10)14-11/h1,3-6,13H,7-8H2. The van der Waals surface area contributed by atoms with Gasteiger partial charge in [-0.2, -0.15) is 0 Å². The molecule has 2 aliphatic rings. The van der Waals surface area contributed by atoms with E-state index in [4.69, 9.17) is 4.74 Å². The summed E-state index contributed by atoms with van der Waals surface area (Å²) in [5, 5.41) is 3.22. The molecule has 1 N–H and O–H groups in total. The maximum atomic E-state index is 5.72. The van der Waals surface area contributed by atoms with E-state index in [0.29, 0.717) is 0 Å². The SMILES string of the molecule is [c]1ccc2c(c1)OC1=C(C=CCN1)C2. The van der Waals surface area contributed by atoms with Gasteiger partial charge in [0, 0.05) is 18.5 Å². The number of dihydropyridines is 1. The molecule has 0 aliphatic carbocycles. The van der Waals surface area contributed by atoms with E-state index >= 15 is 0 Å². The van der Waals surface area contributed by atoms with E-state index in [0.717, 1.165) is 24.6 Å². The summed E-state index contributed by atoms with van der Waals surface area (Å²) < 4.78 is 5.72. The number of benzene rings is 1. The summed E-state index contributed by atoms with van der Waals surface area (Å²) >= 11 is 0. The molecule has 0 saturated heterocycles. The summed E-state index contributed by atoms with van der Waals surface area (Å²) in [5.41, 5.74) is 2.46. The van der Waals surface area contributed by atoms with Crippen molar-refractivity contribution < 1.29 is 4.74 Å². The van der Waals surface area contributed by atoms with Crippen LogP contribution in [0.2, 0.25) is 0 Å². The number of hydrogen-bond acceptors (Lipinski definition) is 2. The number of fused-ring (bicyclic) bond motifs is 1. The minimum absolute atomic E-state index is 0.852. The molecule has 14 heavy (non-hydrogen) atoms. The summed E-state index contributed by atoms with van der Waals surface area (Å²) in [6.07, 6.45) is 5.19. The Balaban J connectivity index is 2.03. The largest absolute Gasteiger partial charge is 0.441 e. The van der Waals surface area contributed by atoms with Crippen LogP contribution in [0.5, 0.6) is 5.75 Å². The van der Waals surface area contributed by atoms with E-state index < -0.39 is 0 Å².